The largest absolute Gasteiger partial charge is 0.347 e. The molecule has 0 spiro atoms. The number of rotatable bonds is 5. The fraction of sp³-hybridized carbons (Fsp3) is 0.333. The lowest BCUT2D eigenvalue weighted by Gasteiger charge is -2.27. The molecule has 1 heterocycles. The molecule has 4 nitrogen and oxygen atoms in total. The van der Waals surface area contributed by atoms with E-state index in [4.69, 9.17) is 0 Å². The van der Waals surface area contributed by atoms with Crippen LogP contribution in [0.3, 0.4) is 0 Å². The van der Waals surface area contributed by atoms with Gasteiger partial charge in [-0.15, -0.1) is 0 Å². The predicted octanol–water partition coefficient (Wildman–Crippen LogP) is 2.60. The number of pyridine rings is 1. The second-order valence-corrected chi connectivity index (χ2v) is 6.02. The third-order valence-corrected chi connectivity index (χ3v) is 3.67. The van der Waals surface area contributed by atoms with E-state index in [1.54, 1.807) is 22.9 Å². The molecule has 1 N–H and O–H groups in total. The molecule has 4 heteroatoms. The molecule has 0 saturated heterocycles. The van der Waals surface area contributed by atoms with E-state index in [1.165, 1.54) is 6.07 Å². The van der Waals surface area contributed by atoms with Crippen LogP contribution in [0.5, 0.6) is 0 Å². The van der Waals surface area contributed by atoms with Gasteiger partial charge in [-0.3, -0.25) is 9.59 Å². The molecule has 0 aliphatic heterocycles. The Morgan fingerprint density at radius 3 is 2.64 bits per heavy atom. The highest BCUT2D eigenvalue weighted by molar-refractivity contribution is 5.76. The second kappa shape index (κ2) is 6.60. The first-order valence-corrected chi connectivity index (χ1v) is 7.42. The molecular weight excluding hydrogens is 276 g/mol. The maximum Gasteiger partial charge on any atom is 0.250 e. The van der Waals surface area contributed by atoms with Gasteiger partial charge in [0.1, 0.15) is 0 Å². The number of aromatic nitrogens is 1. The van der Waals surface area contributed by atoms with E-state index < -0.39 is 5.54 Å². The number of nitrogens with zero attached hydrogens (tertiary/aromatic N) is 1. The van der Waals surface area contributed by atoms with Crippen molar-refractivity contribution in [1.29, 1.82) is 0 Å². The first kappa shape index (κ1) is 16.0. The molecule has 0 unspecified atom stereocenters. The summed E-state index contributed by atoms with van der Waals surface area (Å²) in [6, 6.07) is 13.1. The Morgan fingerprint density at radius 1 is 1.18 bits per heavy atom. The van der Waals surface area contributed by atoms with Gasteiger partial charge in [0.25, 0.3) is 5.56 Å². The fourth-order valence-electron chi connectivity index (χ4n) is 2.38. The van der Waals surface area contributed by atoms with Gasteiger partial charge in [0, 0.05) is 25.2 Å². The van der Waals surface area contributed by atoms with Crippen molar-refractivity contribution in [2.45, 2.75) is 39.3 Å². The van der Waals surface area contributed by atoms with Crippen molar-refractivity contribution in [2.75, 3.05) is 0 Å². The van der Waals surface area contributed by atoms with Gasteiger partial charge in [0.2, 0.25) is 5.91 Å². The van der Waals surface area contributed by atoms with Crippen molar-refractivity contribution >= 4 is 5.91 Å². The molecule has 1 amide bonds. The number of hydrogen-bond acceptors (Lipinski definition) is 2. The van der Waals surface area contributed by atoms with E-state index in [1.807, 2.05) is 39.0 Å². The van der Waals surface area contributed by atoms with Gasteiger partial charge in [0.15, 0.2) is 0 Å². The third kappa shape index (κ3) is 4.07. The zero-order valence-corrected chi connectivity index (χ0v) is 13.3. The number of hydrogen-bond donors (Lipinski definition) is 1. The summed E-state index contributed by atoms with van der Waals surface area (Å²) < 4.78 is 1.54. The van der Waals surface area contributed by atoms with Gasteiger partial charge in [-0.05, 0) is 32.4 Å². The zero-order chi connectivity index (χ0) is 16.2. The lowest BCUT2D eigenvalue weighted by molar-refractivity contribution is -0.123. The highest BCUT2D eigenvalue weighted by Gasteiger charge is 2.22. The molecule has 0 atom stereocenters. The quantitative estimate of drug-likeness (QED) is 0.922. The molecular formula is C18H22N2O2. The molecule has 116 valence electrons. The van der Waals surface area contributed by atoms with Crippen LogP contribution in [0.2, 0.25) is 0 Å². The standard InChI is InChI=1S/C18H22N2O2/c1-14-7-6-8-15(13-14)18(2,3)19-16(21)10-12-20-11-5-4-9-17(20)22/h4-9,11,13H,10,12H2,1-3H3,(H,19,21). The summed E-state index contributed by atoms with van der Waals surface area (Å²) in [7, 11) is 0. The summed E-state index contributed by atoms with van der Waals surface area (Å²) >= 11 is 0. The van der Waals surface area contributed by atoms with Crippen LogP contribution in [0.1, 0.15) is 31.4 Å². The molecule has 2 rings (SSSR count). The van der Waals surface area contributed by atoms with Crippen LogP contribution < -0.4 is 10.9 Å². The van der Waals surface area contributed by atoms with Gasteiger partial charge < -0.3 is 9.88 Å². The first-order chi connectivity index (χ1) is 10.4. The molecule has 1 aromatic heterocycles. The van der Waals surface area contributed by atoms with Crippen molar-refractivity contribution in [3.8, 4) is 0 Å². The van der Waals surface area contributed by atoms with E-state index in [-0.39, 0.29) is 17.9 Å². The normalized spacial score (nSPS) is 11.2. The minimum Gasteiger partial charge on any atom is -0.347 e. The first-order valence-electron chi connectivity index (χ1n) is 7.42. The third-order valence-electron chi connectivity index (χ3n) is 3.67. The van der Waals surface area contributed by atoms with Crippen LogP contribution in [0, 0.1) is 6.92 Å². The smallest absolute Gasteiger partial charge is 0.250 e. The summed E-state index contributed by atoms with van der Waals surface area (Å²) in [6.45, 7) is 6.38. The monoisotopic (exact) mass is 298 g/mol. The van der Waals surface area contributed by atoms with Crippen molar-refractivity contribution in [2.24, 2.45) is 0 Å². The summed E-state index contributed by atoms with van der Waals surface area (Å²) in [5.74, 6) is -0.0674. The maximum atomic E-state index is 12.2. The molecule has 0 aliphatic carbocycles. The van der Waals surface area contributed by atoms with E-state index in [0.717, 1.165) is 11.1 Å². The number of amides is 1. The summed E-state index contributed by atoms with van der Waals surface area (Å²) in [6.07, 6.45) is 1.97. The van der Waals surface area contributed by atoms with Crippen LogP contribution in [-0.4, -0.2) is 10.5 Å². The average Bonchev–Trinajstić information content (AvgIpc) is 2.46. The highest BCUT2D eigenvalue weighted by Crippen LogP contribution is 2.20. The minimum absolute atomic E-state index is 0.0674. The van der Waals surface area contributed by atoms with Crippen molar-refractivity contribution in [3.63, 3.8) is 0 Å². The number of carbonyl (C=O) groups excluding carboxylic acids is 1. The summed E-state index contributed by atoms with van der Waals surface area (Å²) in [4.78, 5) is 23.8. The number of aryl methyl sites for hydroxylation is 2. The maximum absolute atomic E-state index is 12.2. The van der Waals surface area contributed by atoms with Gasteiger partial charge >= 0.3 is 0 Å². The zero-order valence-electron chi connectivity index (χ0n) is 13.3. The van der Waals surface area contributed by atoms with Crippen LogP contribution in [-0.2, 0) is 16.9 Å². The van der Waals surface area contributed by atoms with Gasteiger partial charge in [-0.1, -0.05) is 35.9 Å². The molecule has 2 aromatic rings. The van der Waals surface area contributed by atoms with Crippen LogP contribution in [0.25, 0.3) is 0 Å². The Morgan fingerprint density at radius 2 is 1.95 bits per heavy atom. The van der Waals surface area contributed by atoms with E-state index in [0.29, 0.717) is 6.54 Å². The lowest BCUT2D eigenvalue weighted by Crippen LogP contribution is -2.41. The van der Waals surface area contributed by atoms with E-state index >= 15 is 0 Å². The molecule has 22 heavy (non-hydrogen) atoms. The predicted molar refractivity (Wildman–Crippen MR) is 87.7 cm³/mol. The highest BCUT2D eigenvalue weighted by atomic mass is 16.2. The van der Waals surface area contributed by atoms with Crippen molar-refractivity contribution in [3.05, 3.63) is 70.1 Å². The number of benzene rings is 1. The Hall–Kier alpha value is -2.36. The SMILES string of the molecule is Cc1cccc(C(C)(C)NC(=O)CCn2ccccc2=O)c1. The fourth-order valence-corrected chi connectivity index (χ4v) is 2.38. The molecule has 0 fully saturated rings. The Bertz CT molecular complexity index is 717. The van der Waals surface area contributed by atoms with Gasteiger partial charge in [-0.25, -0.2) is 0 Å². The molecule has 0 aliphatic rings. The summed E-state index contributed by atoms with van der Waals surface area (Å²) in [5.41, 5.74) is 1.70. The van der Waals surface area contributed by atoms with Crippen LogP contribution in [0.15, 0.2) is 53.5 Å². The average molecular weight is 298 g/mol. The number of nitrogens with one attached hydrogen (secondary N) is 1. The van der Waals surface area contributed by atoms with Gasteiger partial charge in [-0.2, -0.15) is 0 Å². The van der Waals surface area contributed by atoms with E-state index in [9.17, 15) is 9.59 Å². The number of carbonyl (C=O) groups is 1. The Labute approximate surface area is 130 Å². The molecule has 1 aromatic carbocycles. The van der Waals surface area contributed by atoms with Crippen LogP contribution in [0.4, 0.5) is 0 Å². The summed E-state index contributed by atoms with van der Waals surface area (Å²) in [5, 5.41) is 3.04. The van der Waals surface area contributed by atoms with Gasteiger partial charge in [0.05, 0.1) is 5.54 Å². The Kier molecular flexibility index (Phi) is 4.81. The van der Waals surface area contributed by atoms with Crippen molar-refractivity contribution < 1.29 is 4.79 Å². The Balaban J connectivity index is 1.99. The van der Waals surface area contributed by atoms with Crippen molar-refractivity contribution in [1.82, 2.24) is 9.88 Å². The lowest BCUT2D eigenvalue weighted by atomic mass is 9.93. The second-order valence-electron chi connectivity index (χ2n) is 6.02. The molecule has 0 radical (unpaired) electrons. The molecule has 0 bridgehead atoms. The van der Waals surface area contributed by atoms with E-state index in [2.05, 4.69) is 11.4 Å². The topological polar surface area (TPSA) is 51.1 Å². The minimum atomic E-state index is -0.440. The molecule has 0 saturated carbocycles. The van der Waals surface area contributed by atoms with Crippen LogP contribution >= 0.6 is 0 Å².